The van der Waals surface area contributed by atoms with Crippen LogP contribution in [0.2, 0.25) is 5.02 Å². The number of halogens is 2. The van der Waals surface area contributed by atoms with E-state index in [-0.39, 0.29) is 5.91 Å². The molecule has 0 fully saturated rings. The largest absolute Gasteiger partial charge is 0.298 e. The molecule has 25 heavy (non-hydrogen) atoms. The van der Waals surface area contributed by atoms with Crippen molar-refractivity contribution >= 4 is 56.0 Å². The van der Waals surface area contributed by atoms with Crippen LogP contribution in [0.3, 0.4) is 0 Å². The Morgan fingerprint density at radius 3 is 2.72 bits per heavy atom. The zero-order valence-corrected chi connectivity index (χ0v) is 16.5. The predicted octanol–water partition coefficient (Wildman–Crippen LogP) is 6.19. The van der Waals surface area contributed by atoms with Gasteiger partial charge in [0.05, 0.1) is 5.69 Å². The summed E-state index contributed by atoms with van der Waals surface area (Å²) in [6.07, 6.45) is 3.19. The van der Waals surface area contributed by atoms with Crippen LogP contribution in [-0.4, -0.2) is 10.9 Å². The first-order chi connectivity index (χ1) is 12.0. The van der Waals surface area contributed by atoms with E-state index in [1.165, 1.54) is 17.4 Å². The van der Waals surface area contributed by atoms with E-state index in [1.54, 1.807) is 18.2 Å². The first-order valence-corrected chi connectivity index (χ1v) is 9.48. The molecule has 3 nitrogen and oxygen atoms in total. The van der Waals surface area contributed by atoms with E-state index in [0.29, 0.717) is 10.2 Å². The molecule has 2 aromatic carbocycles. The van der Waals surface area contributed by atoms with Crippen molar-refractivity contribution in [3.05, 3.63) is 74.5 Å². The lowest BCUT2D eigenvalue weighted by Gasteiger charge is -1.99. The highest BCUT2D eigenvalue weighted by atomic mass is 79.9. The average Bonchev–Trinajstić information content (AvgIpc) is 2.94. The molecule has 126 valence electrons. The van der Waals surface area contributed by atoms with Crippen LogP contribution in [0.25, 0.3) is 17.3 Å². The van der Waals surface area contributed by atoms with Gasteiger partial charge in [-0.15, -0.1) is 11.3 Å². The summed E-state index contributed by atoms with van der Waals surface area (Å²) in [7, 11) is 0. The predicted molar refractivity (Wildman–Crippen MR) is 109 cm³/mol. The lowest BCUT2D eigenvalue weighted by atomic mass is 10.1. The third kappa shape index (κ3) is 4.78. The van der Waals surface area contributed by atoms with Gasteiger partial charge in [-0.25, -0.2) is 4.98 Å². The molecule has 0 saturated heterocycles. The zero-order chi connectivity index (χ0) is 17.8. The van der Waals surface area contributed by atoms with Gasteiger partial charge in [-0.2, -0.15) is 0 Å². The van der Waals surface area contributed by atoms with Crippen molar-refractivity contribution in [3.8, 4) is 11.3 Å². The Bertz CT molecular complexity index is 935. The number of benzene rings is 2. The van der Waals surface area contributed by atoms with Gasteiger partial charge in [-0.3, -0.25) is 10.1 Å². The number of nitrogens with zero attached hydrogens (tertiary/aromatic N) is 1. The molecule has 1 N–H and O–H groups in total. The van der Waals surface area contributed by atoms with Crippen LogP contribution < -0.4 is 5.32 Å². The van der Waals surface area contributed by atoms with E-state index in [9.17, 15) is 4.79 Å². The highest BCUT2D eigenvalue weighted by molar-refractivity contribution is 9.10. The first-order valence-electron chi connectivity index (χ1n) is 7.49. The number of anilines is 1. The second-order valence-corrected chi connectivity index (χ2v) is 7.86. The number of hydrogen-bond acceptors (Lipinski definition) is 3. The summed E-state index contributed by atoms with van der Waals surface area (Å²) < 4.78 is 1.02. The molecule has 0 saturated carbocycles. The van der Waals surface area contributed by atoms with Crippen molar-refractivity contribution in [3.63, 3.8) is 0 Å². The fraction of sp³-hybridized carbons (Fsp3) is 0.0526. The van der Waals surface area contributed by atoms with Crippen LogP contribution in [0.1, 0.15) is 10.4 Å². The monoisotopic (exact) mass is 432 g/mol. The fourth-order valence-corrected chi connectivity index (χ4v) is 3.56. The van der Waals surface area contributed by atoms with Crippen molar-refractivity contribution in [1.29, 1.82) is 0 Å². The summed E-state index contributed by atoms with van der Waals surface area (Å²) in [6.45, 7) is 1.99. The maximum Gasteiger partial charge on any atom is 0.250 e. The second-order valence-electron chi connectivity index (χ2n) is 5.31. The summed E-state index contributed by atoms with van der Waals surface area (Å²) in [5.41, 5.74) is 2.77. The van der Waals surface area contributed by atoms with E-state index >= 15 is 0 Å². The molecule has 0 radical (unpaired) electrons. The number of aromatic nitrogens is 1. The van der Waals surface area contributed by atoms with Gasteiger partial charge in [0.2, 0.25) is 5.91 Å². The fourth-order valence-electron chi connectivity index (χ4n) is 2.25. The number of aryl methyl sites for hydroxylation is 1. The maximum atomic E-state index is 12.1. The topological polar surface area (TPSA) is 42.0 Å². The van der Waals surface area contributed by atoms with Gasteiger partial charge >= 0.3 is 0 Å². The van der Waals surface area contributed by atoms with Crippen LogP contribution in [-0.2, 0) is 4.79 Å². The molecule has 0 aliphatic carbocycles. The van der Waals surface area contributed by atoms with Gasteiger partial charge in [0.25, 0.3) is 0 Å². The van der Waals surface area contributed by atoms with Gasteiger partial charge in [-0.1, -0.05) is 51.8 Å². The van der Waals surface area contributed by atoms with Crippen LogP contribution in [0, 0.1) is 6.92 Å². The van der Waals surface area contributed by atoms with Crippen LogP contribution in [0.4, 0.5) is 5.13 Å². The SMILES string of the molecule is Cc1sc(NC(=O)/C=C/c2cccc(Cl)c2)nc1-c1ccc(Br)cc1. The van der Waals surface area contributed by atoms with Crippen molar-refractivity contribution in [2.24, 2.45) is 0 Å². The van der Waals surface area contributed by atoms with Crippen molar-refractivity contribution in [2.75, 3.05) is 5.32 Å². The van der Waals surface area contributed by atoms with Gasteiger partial charge in [0.1, 0.15) is 0 Å². The lowest BCUT2D eigenvalue weighted by Crippen LogP contribution is -2.07. The number of rotatable bonds is 4. The summed E-state index contributed by atoms with van der Waals surface area (Å²) in [5, 5.41) is 4.02. The smallest absolute Gasteiger partial charge is 0.250 e. The molecule has 0 aliphatic heterocycles. The first kappa shape index (κ1) is 17.9. The molecule has 6 heteroatoms. The van der Waals surface area contributed by atoms with Crippen LogP contribution >= 0.6 is 38.9 Å². The minimum atomic E-state index is -0.226. The van der Waals surface area contributed by atoms with Gasteiger partial charge < -0.3 is 0 Å². The Labute approximate surface area is 163 Å². The minimum Gasteiger partial charge on any atom is -0.298 e. The molecule has 0 unspecified atom stereocenters. The number of carbonyl (C=O) groups is 1. The Balaban J connectivity index is 1.72. The summed E-state index contributed by atoms with van der Waals surface area (Å²) in [4.78, 5) is 17.7. The van der Waals surface area contributed by atoms with Crippen molar-refractivity contribution in [1.82, 2.24) is 4.98 Å². The number of carbonyl (C=O) groups excluding carboxylic acids is 1. The molecule has 1 aromatic heterocycles. The van der Waals surface area contributed by atoms with E-state index in [1.807, 2.05) is 43.3 Å². The van der Waals surface area contributed by atoms with E-state index in [0.717, 1.165) is 26.2 Å². The van der Waals surface area contributed by atoms with E-state index in [4.69, 9.17) is 11.6 Å². The quantitative estimate of drug-likeness (QED) is 0.499. The van der Waals surface area contributed by atoms with Crippen LogP contribution in [0.5, 0.6) is 0 Å². The number of hydrogen-bond donors (Lipinski definition) is 1. The van der Waals surface area contributed by atoms with E-state index in [2.05, 4.69) is 26.2 Å². The number of nitrogens with one attached hydrogen (secondary N) is 1. The lowest BCUT2D eigenvalue weighted by molar-refractivity contribution is -0.111. The second kappa shape index (κ2) is 7.95. The molecule has 0 bridgehead atoms. The Kier molecular flexibility index (Phi) is 5.68. The highest BCUT2D eigenvalue weighted by Gasteiger charge is 2.11. The average molecular weight is 434 g/mol. The Morgan fingerprint density at radius 2 is 2.00 bits per heavy atom. The number of amides is 1. The van der Waals surface area contributed by atoms with Crippen molar-refractivity contribution < 1.29 is 4.79 Å². The molecule has 0 aliphatic rings. The molecule has 1 heterocycles. The molecular formula is C19H14BrClN2OS. The summed E-state index contributed by atoms with van der Waals surface area (Å²) in [6, 6.07) is 15.3. The molecule has 0 spiro atoms. The van der Waals surface area contributed by atoms with Crippen LogP contribution in [0.15, 0.2) is 59.1 Å². The van der Waals surface area contributed by atoms with E-state index < -0.39 is 0 Å². The van der Waals surface area contributed by atoms with Gasteiger partial charge in [0.15, 0.2) is 5.13 Å². The van der Waals surface area contributed by atoms with Gasteiger partial charge in [-0.05, 0) is 42.8 Å². The van der Waals surface area contributed by atoms with Gasteiger partial charge in [0, 0.05) is 26.0 Å². The molecular weight excluding hydrogens is 420 g/mol. The molecule has 0 atom stereocenters. The highest BCUT2D eigenvalue weighted by Crippen LogP contribution is 2.31. The third-order valence-corrected chi connectivity index (χ3v) is 5.07. The standard InChI is InChI=1S/C19H14BrClN2OS/c1-12-18(14-6-8-15(20)9-7-14)23-19(25-12)22-17(24)10-5-13-3-2-4-16(21)11-13/h2-11H,1H3,(H,22,23,24)/b10-5+. The molecule has 3 rings (SSSR count). The maximum absolute atomic E-state index is 12.1. The minimum absolute atomic E-state index is 0.226. The molecule has 1 amide bonds. The Hall–Kier alpha value is -1.95. The Morgan fingerprint density at radius 1 is 1.24 bits per heavy atom. The molecule has 3 aromatic rings. The third-order valence-electron chi connectivity index (χ3n) is 3.42. The van der Waals surface area contributed by atoms with Crippen molar-refractivity contribution in [2.45, 2.75) is 6.92 Å². The number of thiazole rings is 1. The summed E-state index contributed by atoms with van der Waals surface area (Å²) >= 11 is 10.8. The summed E-state index contributed by atoms with van der Waals surface area (Å²) in [5.74, 6) is -0.226. The zero-order valence-electron chi connectivity index (χ0n) is 13.3. The normalized spacial score (nSPS) is 11.0.